The number of aliphatic hydroxyl groups is 1. The molecule has 2 atom stereocenters. The summed E-state index contributed by atoms with van der Waals surface area (Å²) in [6, 6.07) is 10.1. The van der Waals surface area contributed by atoms with Crippen LogP contribution in [0.15, 0.2) is 30.3 Å². The standard InChI is InChI=1S/C12H16O2/c1-12(13)7-8-14-11(9-12)10-5-3-2-4-6-10/h2-6,11,13H,7-9H2,1H3. The van der Waals surface area contributed by atoms with E-state index in [-0.39, 0.29) is 6.10 Å². The number of hydrogen-bond donors (Lipinski definition) is 1. The Kier molecular flexibility index (Phi) is 2.57. The number of benzene rings is 1. The molecule has 0 aliphatic carbocycles. The van der Waals surface area contributed by atoms with Gasteiger partial charge >= 0.3 is 0 Å². The van der Waals surface area contributed by atoms with E-state index >= 15 is 0 Å². The van der Waals surface area contributed by atoms with Gasteiger partial charge < -0.3 is 9.84 Å². The van der Waals surface area contributed by atoms with Crippen molar-refractivity contribution in [3.05, 3.63) is 35.9 Å². The molecule has 1 heterocycles. The Morgan fingerprint density at radius 2 is 2.07 bits per heavy atom. The topological polar surface area (TPSA) is 29.5 Å². The summed E-state index contributed by atoms with van der Waals surface area (Å²) in [7, 11) is 0. The van der Waals surface area contributed by atoms with Crippen molar-refractivity contribution in [3.63, 3.8) is 0 Å². The highest BCUT2D eigenvalue weighted by atomic mass is 16.5. The summed E-state index contributed by atoms with van der Waals surface area (Å²) in [4.78, 5) is 0. The van der Waals surface area contributed by atoms with Crippen LogP contribution in [0.2, 0.25) is 0 Å². The van der Waals surface area contributed by atoms with Gasteiger partial charge in [0.2, 0.25) is 0 Å². The van der Waals surface area contributed by atoms with E-state index in [0.717, 1.165) is 12.0 Å². The van der Waals surface area contributed by atoms with E-state index < -0.39 is 5.60 Å². The average molecular weight is 192 g/mol. The summed E-state index contributed by atoms with van der Waals surface area (Å²) < 4.78 is 5.64. The van der Waals surface area contributed by atoms with Gasteiger partial charge in [-0.3, -0.25) is 0 Å². The number of hydrogen-bond acceptors (Lipinski definition) is 2. The van der Waals surface area contributed by atoms with Crippen molar-refractivity contribution in [1.82, 2.24) is 0 Å². The lowest BCUT2D eigenvalue weighted by Gasteiger charge is -2.34. The third kappa shape index (κ3) is 2.14. The van der Waals surface area contributed by atoms with Crippen molar-refractivity contribution in [3.8, 4) is 0 Å². The van der Waals surface area contributed by atoms with Crippen LogP contribution in [-0.4, -0.2) is 17.3 Å². The lowest BCUT2D eigenvalue weighted by Crippen LogP contribution is -2.34. The fraction of sp³-hybridized carbons (Fsp3) is 0.500. The van der Waals surface area contributed by atoms with Gasteiger partial charge in [0.05, 0.1) is 18.3 Å². The van der Waals surface area contributed by atoms with Crippen molar-refractivity contribution in [2.45, 2.75) is 31.5 Å². The molecule has 1 aromatic rings. The Bertz CT molecular complexity index is 292. The molecule has 76 valence electrons. The summed E-state index contributed by atoms with van der Waals surface area (Å²) in [5, 5.41) is 9.93. The van der Waals surface area contributed by atoms with Gasteiger partial charge in [-0.15, -0.1) is 0 Å². The van der Waals surface area contributed by atoms with Crippen molar-refractivity contribution >= 4 is 0 Å². The van der Waals surface area contributed by atoms with E-state index in [1.807, 2.05) is 37.3 Å². The van der Waals surface area contributed by atoms with Gasteiger partial charge in [-0.2, -0.15) is 0 Å². The third-order valence-electron chi connectivity index (χ3n) is 2.76. The Morgan fingerprint density at radius 3 is 2.71 bits per heavy atom. The van der Waals surface area contributed by atoms with Crippen LogP contribution in [0, 0.1) is 0 Å². The molecule has 2 unspecified atom stereocenters. The molecule has 2 rings (SSSR count). The number of ether oxygens (including phenoxy) is 1. The van der Waals surface area contributed by atoms with Crippen LogP contribution in [0.1, 0.15) is 31.4 Å². The second-order valence-electron chi connectivity index (χ2n) is 4.22. The quantitative estimate of drug-likeness (QED) is 0.739. The molecule has 1 N–H and O–H groups in total. The van der Waals surface area contributed by atoms with Crippen LogP contribution < -0.4 is 0 Å². The molecule has 1 aliphatic rings. The van der Waals surface area contributed by atoms with Gasteiger partial charge in [0, 0.05) is 6.42 Å². The van der Waals surface area contributed by atoms with E-state index in [2.05, 4.69) is 0 Å². The molecule has 0 saturated carbocycles. The normalized spacial score (nSPS) is 32.9. The van der Waals surface area contributed by atoms with E-state index in [0.29, 0.717) is 13.0 Å². The molecule has 2 nitrogen and oxygen atoms in total. The monoisotopic (exact) mass is 192 g/mol. The maximum Gasteiger partial charge on any atom is 0.0852 e. The van der Waals surface area contributed by atoms with Gasteiger partial charge in [0.15, 0.2) is 0 Å². The summed E-state index contributed by atoms with van der Waals surface area (Å²) in [5.41, 5.74) is 0.589. The summed E-state index contributed by atoms with van der Waals surface area (Å²) in [6.45, 7) is 2.53. The molecule has 0 amide bonds. The maximum absolute atomic E-state index is 9.93. The molecule has 0 radical (unpaired) electrons. The first-order valence-electron chi connectivity index (χ1n) is 5.06. The SMILES string of the molecule is CC1(O)CCOC(c2ccccc2)C1. The molecule has 1 aromatic carbocycles. The minimum atomic E-state index is -0.571. The summed E-state index contributed by atoms with van der Waals surface area (Å²) >= 11 is 0. The van der Waals surface area contributed by atoms with Gasteiger partial charge in [0.1, 0.15) is 0 Å². The minimum Gasteiger partial charge on any atom is -0.390 e. The molecule has 0 aromatic heterocycles. The number of rotatable bonds is 1. The van der Waals surface area contributed by atoms with E-state index in [4.69, 9.17) is 4.74 Å². The Hall–Kier alpha value is -0.860. The molecule has 0 bridgehead atoms. The Balaban J connectivity index is 2.12. The van der Waals surface area contributed by atoms with Crippen LogP contribution in [0.5, 0.6) is 0 Å². The van der Waals surface area contributed by atoms with Crippen LogP contribution in [0.4, 0.5) is 0 Å². The zero-order valence-electron chi connectivity index (χ0n) is 8.44. The van der Waals surface area contributed by atoms with Gasteiger partial charge in [-0.05, 0) is 18.9 Å². The fourth-order valence-corrected chi connectivity index (χ4v) is 1.86. The first-order chi connectivity index (χ1) is 6.67. The zero-order valence-corrected chi connectivity index (χ0v) is 8.44. The molecular formula is C12H16O2. The average Bonchev–Trinajstić information content (AvgIpc) is 2.18. The highest BCUT2D eigenvalue weighted by molar-refractivity contribution is 5.18. The third-order valence-corrected chi connectivity index (χ3v) is 2.76. The first-order valence-corrected chi connectivity index (χ1v) is 5.06. The van der Waals surface area contributed by atoms with Gasteiger partial charge in [-0.25, -0.2) is 0 Å². The molecule has 0 spiro atoms. The summed E-state index contributed by atoms with van der Waals surface area (Å²) in [5.74, 6) is 0. The van der Waals surface area contributed by atoms with E-state index in [9.17, 15) is 5.11 Å². The highest BCUT2D eigenvalue weighted by Gasteiger charge is 2.31. The summed E-state index contributed by atoms with van der Waals surface area (Å²) in [6.07, 6.45) is 1.48. The predicted molar refractivity (Wildman–Crippen MR) is 55.0 cm³/mol. The van der Waals surface area contributed by atoms with Gasteiger partial charge in [-0.1, -0.05) is 30.3 Å². The second-order valence-corrected chi connectivity index (χ2v) is 4.22. The van der Waals surface area contributed by atoms with Crippen LogP contribution in [-0.2, 0) is 4.74 Å². The molecule has 2 heteroatoms. The lowest BCUT2D eigenvalue weighted by molar-refractivity contribution is -0.0952. The molecule has 14 heavy (non-hydrogen) atoms. The Morgan fingerprint density at radius 1 is 1.36 bits per heavy atom. The van der Waals surface area contributed by atoms with Crippen molar-refractivity contribution in [2.24, 2.45) is 0 Å². The molecule has 1 saturated heterocycles. The Labute approximate surface area is 84.5 Å². The van der Waals surface area contributed by atoms with Crippen molar-refractivity contribution in [1.29, 1.82) is 0 Å². The van der Waals surface area contributed by atoms with Crippen LogP contribution in [0.25, 0.3) is 0 Å². The highest BCUT2D eigenvalue weighted by Crippen LogP contribution is 2.33. The molecular weight excluding hydrogens is 176 g/mol. The fourth-order valence-electron chi connectivity index (χ4n) is 1.86. The minimum absolute atomic E-state index is 0.0555. The van der Waals surface area contributed by atoms with Crippen LogP contribution >= 0.6 is 0 Å². The van der Waals surface area contributed by atoms with Crippen LogP contribution in [0.3, 0.4) is 0 Å². The molecule has 1 aliphatic heterocycles. The maximum atomic E-state index is 9.93. The van der Waals surface area contributed by atoms with Crippen molar-refractivity contribution in [2.75, 3.05) is 6.61 Å². The van der Waals surface area contributed by atoms with Crippen molar-refractivity contribution < 1.29 is 9.84 Å². The van der Waals surface area contributed by atoms with Gasteiger partial charge in [0.25, 0.3) is 0 Å². The largest absolute Gasteiger partial charge is 0.390 e. The molecule has 1 fully saturated rings. The first kappa shape index (κ1) is 9.69. The lowest BCUT2D eigenvalue weighted by atomic mass is 9.89. The smallest absolute Gasteiger partial charge is 0.0852 e. The second kappa shape index (κ2) is 3.71. The van der Waals surface area contributed by atoms with E-state index in [1.165, 1.54) is 0 Å². The predicted octanol–water partition coefficient (Wildman–Crippen LogP) is 2.29. The zero-order chi connectivity index (χ0) is 10.0. The van der Waals surface area contributed by atoms with E-state index in [1.54, 1.807) is 0 Å².